The summed E-state index contributed by atoms with van der Waals surface area (Å²) in [6, 6.07) is 0. The van der Waals surface area contributed by atoms with Crippen molar-refractivity contribution in [1.82, 2.24) is 0 Å². The number of rotatable bonds is 8. The Labute approximate surface area is 74.6 Å². The molecule has 0 saturated heterocycles. The molecule has 0 aromatic heterocycles. The van der Waals surface area contributed by atoms with E-state index < -0.39 is 0 Å². The van der Waals surface area contributed by atoms with Gasteiger partial charge in [0.15, 0.2) is 0 Å². The minimum absolute atomic E-state index is 0.505. The number of hydrogen-bond donors (Lipinski definition) is 0. The standard InChI is InChI=1S/C10H17O2/c1-2-3-4-5-6-7-8-9-12-10-11/h4-5H,2-3,6-9H2,1H3/b5-4+. The second kappa shape index (κ2) is 10.2. The second-order valence-corrected chi connectivity index (χ2v) is 2.69. The predicted octanol–water partition coefficient (Wildman–Crippen LogP) is 2.60. The topological polar surface area (TPSA) is 26.3 Å². The molecule has 69 valence electrons. The van der Waals surface area contributed by atoms with Gasteiger partial charge >= 0.3 is 6.47 Å². The summed E-state index contributed by atoms with van der Waals surface area (Å²) in [5.41, 5.74) is 0. The van der Waals surface area contributed by atoms with E-state index in [1.165, 1.54) is 19.3 Å². The highest BCUT2D eigenvalue weighted by Gasteiger charge is 1.86. The lowest BCUT2D eigenvalue weighted by Gasteiger charge is -1.94. The van der Waals surface area contributed by atoms with Crippen LogP contribution in [-0.2, 0) is 9.53 Å². The Morgan fingerprint density at radius 2 is 2.00 bits per heavy atom. The summed E-state index contributed by atoms with van der Waals surface area (Å²) in [5.74, 6) is 0. The minimum atomic E-state index is 0.505. The van der Waals surface area contributed by atoms with E-state index in [2.05, 4.69) is 23.8 Å². The molecule has 0 aliphatic carbocycles. The maximum Gasteiger partial charge on any atom is 0.417 e. The van der Waals surface area contributed by atoms with Crippen molar-refractivity contribution in [3.63, 3.8) is 0 Å². The monoisotopic (exact) mass is 169 g/mol. The Kier molecular flexibility index (Phi) is 9.54. The molecule has 2 heteroatoms. The first-order valence-corrected chi connectivity index (χ1v) is 4.55. The quantitative estimate of drug-likeness (QED) is 0.412. The molecule has 0 fully saturated rings. The van der Waals surface area contributed by atoms with Crippen molar-refractivity contribution in [3.05, 3.63) is 12.2 Å². The zero-order chi connectivity index (χ0) is 9.07. The van der Waals surface area contributed by atoms with Crippen LogP contribution in [0.15, 0.2) is 12.2 Å². The summed E-state index contributed by atoms with van der Waals surface area (Å²) in [4.78, 5) is 9.62. The van der Waals surface area contributed by atoms with Crippen LogP contribution in [0.25, 0.3) is 0 Å². The molecule has 0 spiro atoms. The van der Waals surface area contributed by atoms with Crippen molar-refractivity contribution in [1.29, 1.82) is 0 Å². The molecule has 1 radical (unpaired) electrons. The lowest BCUT2D eigenvalue weighted by atomic mass is 10.2. The zero-order valence-electron chi connectivity index (χ0n) is 7.71. The van der Waals surface area contributed by atoms with Crippen molar-refractivity contribution in [2.45, 2.75) is 39.0 Å². The van der Waals surface area contributed by atoms with Crippen molar-refractivity contribution in [2.75, 3.05) is 6.61 Å². The Morgan fingerprint density at radius 1 is 1.25 bits per heavy atom. The number of carbonyl (C=O) groups excluding carboxylic acids is 1. The fourth-order valence-corrected chi connectivity index (χ4v) is 0.880. The first-order chi connectivity index (χ1) is 5.91. The van der Waals surface area contributed by atoms with E-state index in [9.17, 15) is 4.79 Å². The molecule has 12 heavy (non-hydrogen) atoms. The first-order valence-electron chi connectivity index (χ1n) is 4.55. The molecule has 0 heterocycles. The van der Waals surface area contributed by atoms with Gasteiger partial charge in [-0.25, -0.2) is 4.79 Å². The third-order valence-electron chi connectivity index (χ3n) is 1.55. The van der Waals surface area contributed by atoms with Crippen LogP contribution in [0.3, 0.4) is 0 Å². The summed E-state index contributed by atoms with van der Waals surface area (Å²) < 4.78 is 4.43. The summed E-state index contributed by atoms with van der Waals surface area (Å²) >= 11 is 0. The summed E-state index contributed by atoms with van der Waals surface area (Å²) in [6.07, 6.45) is 9.87. The highest BCUT2D eigenvalue weighted by atomic mass is 16.5. The van der Waals surface area contributed by atoms with Crippen LogP contribution < -0.4 is 0 Å². The van der Waals surface area contributed by atoms with Crippen LogP contribution in [0.1, 0.15) is 39.0 Å². The molecule has 0 aromatic carbocycles. The average Bonchev–Trinajstić information content (AvgIpc) is 2.10. The first kappa shape index (κ1) is 11.2. The smallest absolute Gasteiger partial charge is 0.417 e. The molecule has 0 rings (SSSR count). The van der Waals surface area contributed by atoms with E-state index in [1.807, 2.05) is 0 Å². The second-order valence-electron chi connectivity index (χ2n) is 2.69. The SMILES string of the molecule is CCC/C=C/CCCCO[C]=O. The van der Waals surface area contributed by atoms with Crippen molar-refractivity contribution >= 4 is 6.47 Å². The maximum absolute atomic E-state index is 9.62. The predicted molar refractivity (Wildman–Crippen MR) is 49.5 cm³/mol. The highest BCUT2D eigenvalue weighted by molar-refractivity contribution is 5.37. The van der Waals surface area contributed by atoms with E-state index in [1.54, 1.807) is 0 Å². The molecule has 0 atom stereocenters. The van der Waals surface area contributed by atoms with Gasteiger partial charge < -0.3 is 4.74 Å². The summed E-state index contributed by atoms with van der Waals surface area (Å²) in [5, 5.41) is 0. The highest BCUT2D eigenvalue weighted by Crippen LogP contribution is 1.98. The van der Waals surface area contributed by atoms with Crippen LogP contribution in [0.2, 0.25) is 0 Å². The van der Waals surface area contributed by atoms with Gasteiger partial charge in [0.2, 0.25) is 0 Å². The molecule has 0 aliphatic heterocycles. The van der Waals surface area contributed by atoms with Gasteiger partial charge in [-0.05, 0) is 25.7 Å². The zero-order valence-corrected chi connectivity index (χ0v) is 7.71. The van der Waals surface area contributed by atoms with Crippen LogP contribution >= 0.6 is 0 Å². The maximum atomic E-state index is 9.62. The van der Waals surface area contributed by atoms with E-state index >= 15 is 0 Å². The number of ether oxygens (including phenoxy) is 1. The summed E-state index contributed by atoms with van der Waals surface area (Å²) in [6.45, 7) is 4.08. The van der Waals surface area contributed by atoms with E-state index in [4.69, 9.17) is 0 Å². The Morgan fingerprint density at radius 3 is 2.67 bits per heavy atom. The van der Waals surface area contributed by atoms with Crippen LogP contribution in [0.5, 0.6) is 0 Å². The fourth-order valence-electron chi connectivity index (χ4n) is 0.880. The van der Waals surface area contributed by atoms with Crippen LogP contribution in [0, 0.1) is 0 Å². The number of allylic oxidation sites excluding steroid dienone is 2. The van der Waals surface area contributed by atoms with E-state index in [0.717, 1.165) is 19.3 Å². The van der Waals surface area contributed by atoms with Gasteiger partial charge in [-0.2, -0.15) is 0 Å². The molecule has 0 bridgehead atoms. The van der Waals surface area contributed by atoms with Crippen molar-refractivity contribution in [3.8, 4) is 0 Å². The minimum Gasteiger partial charge on any atom is -0.457 e. The third-order valence-corrected chi connectivity index (χ3v) is 1.55. The van der Waals surface area contributed by atoms with Gasteiger partial charge in [-0.1, -0.05) is 25.5 Å². The van der Waals surface area contributed by atoms with Gasteiger partial charge in [0.1, 0.15) is 0 Å². The number of unbranched alkanes of at least 4 members (excludes halogenated alkanes) is 3. The number of hydrogen-bond acceptors (Lipinski definition) is 2. The van der Waals surface area contributed by atoms with Gasteiger partial charge in [0.05, 0.1) is 6.61 Å². The molecule has 0 N–H and O–H groups in total. The lowest BCUT2D eigenvalue weighted by Crippen LogP contribution is -1.90. The van der Waals surface area contributed by atoms with Gasteiger partial charge in [-0.15, -0.1) is 0 Å². The average molecular weight is 169 g/mol. The Hall–Kier alpha value is -0.790. The Balaban J connectivity index is 2.94. The Bertz CT molecular complexity index is 119. The molecule has 2 nitrogen and oxygen atoms in total. The van der Waals surface area contributed by atoms with E-state index in [-0.39, 0.29) is 0 Å². The molecule has 0 aromatic rings. The molecule has 0 aliphatic rings. The normalized spacial score (nSPS) is 10.4. The lowest BCUT2D eigenvalue weighted by molar-refractivity contribution is 0.270. The third kappa shape index (κ3) is 9.21. The molecule has 0 saturated carbocycles. The van der Waals surface area contributed by atoms with Crippen LogP contribution in [-0.4, -0.2) is 13.1 Å². The fraction of sp³-hybridized carbons (Fsp3) is 0.700. The molecule has 0 amide bonds. The molecular weight excluding hydrogens is 152 g/mol. The largest absolute Gasteiger partial charge is 0.457 e. The molecule has 0 unspecified atom stereocenters. The van der Waals surface area contributed by atoms with Crippen LogP contribution in [0.4, 0.5) is 0 Å². The van der Waals surface area contributed by atoms with Gasteiger partial charge in [0, 0.05) is 0 Å². The van der Waals surface area contributed by atoms with Crippen molar-refractivity contribution < 1.29 is 9.53 Å². The molecular formula is C10H17O2. The van der Waals surface area contributed by atoms with E-state index in [0.29, 0.717) is 6.61 Å². The summed E-state index contributed by atoms with van der Waals surface area (Å²) in [7, 11) is 0. The van der Waals surface area contributed by atoms with Crippen molar-refractivity contribution in [2.24, 2.45) is 0 Å². The van der Waals surface area contributed by atoms with Gasteiger partial charge in [0.25, 0.3) is 0 Å². The van der Waals surface area contributed by atoms with Gasteiger partial charge in [-0.3, -0.25) is 0 Å².